The van der Waals surface area contributed by atoms with Crippen LogP contribution in [-0.4, -0.2) is 31.5 Å². The highest BCUT2D eigenvalue weighted by Crippen LogP contribution is 2.28. The summed E-state index contributed by atoms with van der Waals surface area (Å²) in [6.45, 7) is 3.25. The van der Waals surface area contributed by atoms with Crippen LogP contribution in [0.3, 0.4) is 0 Å². The first-order chi connectivity index (χ1) is 12.3. The lowest BCUT2D eigenvalue weighted by molar-refractivity contribution is -0.115. The van der Waals surface area contributed by atoms with Crippen LogP contribution in [-0.2, 0) is 4.79 Å². The number of amides is 1. The zero-order valence-electron chi connectivity index (χ0n) is 13.9. The van der Waals surface area contributed by atoms with Crippen molar-refractivity contribution in [2.75, 3.05) is 5.32 Å². The van der Waals surface area contributed by atoms with Crippen LogP contribution in [0.15, 0.2) is 41.7 Å². The number of carbonyl (C=O) groups is 2. The maximum Gasteiger partial charge on any atom is 0.237 e. The first-order valence-corrected chi connectivity index (χ1v) is 9.27. The van der Waals surface area contributed by atoms with Crippen LogP contribution in [0.25, 0.3) is 5.65 Å². The van der Waals surface area contributed by atoms with E-state index in [0.29, 0.717) is 32.1 Å². The summed E-state index contributed by atoms with van der Waals surface area (Å²) in [5.74, 6) is -0.224. The van der Waals surface area contributed by atoms with Crippen LogP contribution in [0.1, 0.15) is 24.2 Å². The van der Waals surface area contributed by atoms with Gasteiger partial charge in [0.15, 0.2) is 16.6 Å². The Hall–Kier alpha value is -2.09. The van der Waals surface area contributed by atoms with Gasteiger partial charge >= 0.3 is 0 Å². The molecule has 9 heteroatoms. The van der Waals surface area contributed by atoms with Crippen LogP contribution in [0, 0.1) is 0 Å². The number of rotatable bonds is 5. The van der Waals surface area contributed by atoms with Gasteiger partial charge in [-0.2, -0.15) is 0 Å². The minimum atomic E-state index is -0.437. The summed E-state index contributed by atoms with van der Waals surface area (Å²) in [6.07, 6.45) is 1.65. The molecule has 0 saturated carbocycles. The summed E-state index contributed by atoms with van der Waals surface area (Å²) >= 11 is 13.4. The van der Waals surface area contributed by atoms with Crippen LogP contribution < -0.4 is 5.32 Å². The fraction of sp³-hybridized carbons (Fsp3) is 0.176. The Kier molecular flexibility index (Phi) is 5.50. The minimum Gasteiger partial charge on any atom is -0.325 e. The number of Topliss-reactive ketones (excluding diaryl/α,β-unsaturated/α-hetero) is 1. The molecule has 0 aliphatic heterocycles. The van der Waals surface area contributed by atoms with Gasteiger partial charge in [0, 0.05) is 17.4 Å². The van der Waals surface area contributed by atoms with Crippen molar-refractivity contribution in [2.45, 2.75) is 24.3 Å². The van der Waals surface area contributed by atoms with Gasteiger partial charge in [-0.15, -0.1) is 10.2 Å². The molecule has 0 spiro atoms. The Morgan fingerprint density at radius 1 is 1.19 bits per heavy atom. The lowest BCUT2D eigenvalue weighted by Gasteiger charge is -2.11. The van der Waals surface area contributed by atoms with Crippen molar-refractivity contribution < 1.29 is 9.59 Å². The van der Waals surface area contributed by atoms with E-state index in [9.17, 15) is 9.59 Å². The van der Waals surface area contributed by atoms with Crippen LogP contribution in [0.5, 0.6) is 0 Å². The monoisotopic (exact) mass is 408 g/mol. The molecule has 2 aromatic heterocycles. The van der Waals surface area contributed by atoms with E-state index in [-0.39, 0.29) is 11.7 Å². The molecular weight excluding hydrogens is 395 g/mol. The maximum atomic E-state index is 12.4. The molecule has 3 rings (SSSR count). The number of halogens is 2. The smallest absolute Gasteiger partial charge is 0.237 e. The fourth-order valence-corrected chi connectivity index (χ4v) is 3.56. The Labute approximate surface area is 163 Å². The van der Waals surface area contributed by atoms with Gasteiger partial charge in [0.2, 0.25) is 5.91 Å². The second-order valence-electron chi connectivity index (χ2n) is 5.57. The van der Waals surface area contributed by atoms with Gasteiger partial charge in [0.25, 0.3) is 0 Å². The molecule has 0 aliphatic rings. The molecule has 3 aromatic rings. The van der Waals surface area contributed by atoms with Crippen LogP contribution in [0.2, 0.25) is 10.0 Å². The van der Waals surface area contributed by atoms with Gasteiger partial charge < -0.3 is 5.32 Å². The standard InChI is InChI=1S/C17H14Cl2N4O2S/c1-9(24)11-3-5-13(6-4-11)20-16(25)10(2)26-17-22-21-15-14(19)7-12(18)8-23(15)17/h3-8,10H,1-2H3,(H,20,25)/t10-/m1/s1. The number of hydrogen-bond acceptors (Lipinski definition) is 5. The molecule has 0 radical (unpaired) electrons. The number of fused-ring (bicyclic) bond motifs is 1. The SMILES string of the molecule is CC(=O)c1ccc(NC(=O)[C@@H](C)Sc2nnc3c(Cl)cc(Cl)cn23)cc1. The lowest BCUT2D eigenvalue weighted by atomic mass is 10.1. The third kappa shape index (κ3) is 4.00. The quantitative estimate of drug-likeness (QED) is 0.501. The number of benzene rings is 1. The third-order valence-electron chi connectivity index (χ3n) is 3.61. The average molecular weight is 409 g/mol. The zero-order valence-corrected chi connectivity index (χ0v) is 16.2. The third-order valence-corrected chi connectivity index (χ3v) is 5.15. The number of ketones is 1. The van der Waals surface area contributed by atoms with Crippen LogP contribution in [0.4, 0.5) is 5.69 Å². The van der Waals surface area contributed by atoms with E-state index < -0.39 is 5.25 Å². The molecule has 1 aromatic carbocycles. The number of nitrogens with one attached hydrogen (secondary N) is 1. The molecule has 0 bridgehead atoms. The number of nitrogens with zero attached hydrogens (tertiary/aromatic N) is 3. The van der Waals surface area contributed by atoms with E-state index >= 15 is 0 Å². The second kappa shape index (κ2) is 7.65. The molecule has 26 heavy (non-hydrogen) atoms. The largest absolute Gasteiger partial charge is 0.325 e. The van der Waals surface area contributed by atoms with Crippen molar-refractivity contribution in [1.29, 1.82) is 0 Å². The Morgan fingerprint density at radius 3 is 2.54 bits per heavy atom. The summed E-state index contributed by atoms with van der Waals surface area (Å²) < 4.78 is 1.65. The van der Waals surface area contributed by atoms with Crippen molar-refractivity contribution in [2.24, 2.45) is 0 Å². The van der Waals surface area contributed by atoms with Crippen molar-refractivity contribution in [3.8, 4) is 0 Å². The molecule has 1 N–H and O–H groups in total. The number of hydrogen-bond donors (Lipinski definition) is 1. The highest BCUT2D eigenvalue weighted by atomic mass is 35.5. The summed E-state index contributed by atoms with van der Waals surface area (Å²) in [5, 5.41) is 11.8. The second-order valence-corrected chi connectivity index (χ2v) is 7.72. The molecular formula is C17H14Cl2N4O2S. The van der Waals surface area contributed by atoms with E-state index in [2.05, 4.69) is 15.5 Å². The molecule has 1 amide bonds. The lowest BCUT2D eigenvalue weighted by Crippen LogP contribution is -2.22. The molecule has 0 saturated heterocycles. The van der Waals surface area contributed by atoms with Gasteiger partial charge in [0.05, 0.1) is 15.3 Å². The van der Waals surface area contributed by atoms with Gasteiger partial charge in [0.1, 0.15) is 0 Å². The highest BCUT2D eigenvalue weighted by Gasteiger charge is 2.19. The summed E-state index contributed by atoms with van der Waals surface area (Å²) in [7, 11) is 0. The summed E-state index contributed by atoms with van der Waals surface area (Å²) in [5.41, 5.74) is 1.68. The van der Waals surface area contributed by atoms with Crippen molar-refractivity contribution in [1.82, 2.24) is 14.6 Å². The Morgan fingerprint density at radius 2 is 1.88 bits per heavy atom. The number of anilines is 1. The van der Waals surface area contributed by atoms with E-state index in [4.69, 9.17) is 23.2 Å². The van der Waals surface area contributed by atoms with Crippen molar-refractivity contribution in [3.05, 3.63) is 52.1 Å². The number of thioether (sulfide) groups is 1. The first-order valence-electron chi connectivity index (χ1n) is 7.63. The Bertz CT molecular complexity index is 988. The number of carbonyl (C=O) groups excluding carboxylic acids is 2. The topological polar surface area (TPSA) is 76.4 Å². The molecule has 2 heterocycles. The van der Waals surface area contributed by atoms with Gasteiger partial charge in [-0.1, -0.05) is 35.0 Å². The highest BCUT2D eigenvalue weighted by molar-refractivity contribution is 8.00. The van der Waals surface area contributed by atoms with E-state index in [1.807, 2.05) is 0 Å². The number of aromatic nitrogens is 3. The van der Waals surface area contributed by atoms with E-state index in [0.717, 1.165) is 0 Å². The predicted molar refractivity (Wildman–Crippen MR) is 103 cm³/mol. The number of pyridine rings is 1. The van der Waals surface area contributed by atoms with Crippen molar-refractivity contribution >= 4 is 58.0 Å². The normalized spacial score (nSPS) is 12.2. The fourth-order valence-electron chi connectivity index (χ4n) is 2.23. The van der Waals surface area contributed by atoms with E-state index in [1.54, 1.807) is 47.9 Å². The predicted octanol–water partition coefficient (Wildman–Crippen LogP) is 4.36. The molecule has 0 aliphatic carbocycles. The van der Waals surface area contributed by atoms with Crippen LogP contribution >= 0.6 is 35.0 Å². The van der Waals surface area contributed by atoms with Gasteiger partial charge in [-0.25, -0.2) is 0 Å². The molecule has 0 fully saturated rings. The maximum absolute atomic E-state index is 12.4. The average Bonchev–Trinajstić information content (AvgIpc) is 2.98. The molecule has 134 valence electrons. The van der Waals surface area contributed by atoms with E-state index in [1.165, 1.54) is 18.7 Å². The minimum absolute atomic E-state index is 0.0252. The molecule has 6 nitrogen and oxygen atoms in total. The van der Waals surface area contributed by atoms with Gasteiger partial charge in [-0.05, 0) is 44.2 Å². The first kappa shape index (κ1) is 18.7. The molecule has 1 atom stereocenters. The van der Waals surface area contributed by atoms with Crippen molar-refractivity contribution in [3.63, 3.8) is 0 Å². The van der Waals surface area contributed by atoms with Gasteiger partial charge in [-0.3, -0.25) is 14.0 Å². The summed E-state index contributed by atoms with van der Waals surface area (Å²) in [6, 6.07) is 8.32. The summed E-state index contributed by atoms with van der Waals surface area (Å²) in [4.78, 5) is 23.7. The molecule has 0 unspecified atom stereocenters. The zero-order chi connectivity index (χ0) is 18.8. The Balaban J connectivity index is 1.72.